The number of nitrogens with zero attached hydrogens (tertiary/aromatic N) is 2. The fraction of sp³-hybridized carbons (Fsp3) is 0.667. The van der Waals surface area contributed by atoms with Gasteiger partial charge in [-0.2, -0.15) is 0 Å². The number of aromatic nitrogens is 2. The Kier molecular flexibility index (Phi) is 15.8. The zero-order valence-corrected chi connectivity index (χ0v) is 22.2. The minimum atomic E-state index is -0.945. The van der Waals surface area contributed by atoms with E-state index in [2.05, 4.69) is 23.8 Å². The van der Waals surface area contributed by atoms with Gasteiger partial charge in [-0.25, -0.2) is 14.4 Å². The maximum absolute atomic E-state index is 14.1. The van der Waals surface area contributed by atoms with Gasteiger partial charge in [0.1, 0.15) is 18.5 Å². The van der Waals surface area contributed by atoms with E-state index in [1.165, 1.54) is 70.6 Å². The SMILES string of the molecule is CCCCCCCCCCOc1ccc(-c2ncc(OCC(F)CCCCCCCC)cn2)cc1. The molecule has 4 nitrogen and oxygen atoms in total. The molecule has 0 spiro atoms. The summed E-state index contributed by atoms with van der Waals surface area (Å²) in [6, 6.07) is 7.86. The standard InChI is InChI=1S/C30H47FN2O2/c1-3-5-7-9-11-12-14-16-22-34-28-20-18-26(19-21-28)30-32-23-29(24-33-30)35-25-27(31)17-15-13-10-8-6-4-2/h18-21,23-24,27H,3-17,22,25H2,1-2H3. The first-order valence-corrected chi connectivity index (χ1v) is 14.0. The Labute approximate surface area is 213 Å². The van der Waals surface area contributed by atoms with E-state index in [1.54, 1.807) is 12.4 Å². The molecular weight excluding hydrogens is 439 g/mol. The van der Waals surface area contributed by atoms with Crippen molar-refractivity contribution in [1.82, 2.24) is 9.97 Å². The third kappa shape index (κ3) is 13.5. The highest BCUT2D eigenvalue weighted by atomic mass is 19.1. The smallest absolute Gasteiger partial charge is 0.159 e. The first kappa shape index (κ1) is 29.1. The van der Waals surface area contributed by atoms with Crippen molar-refractivity contribution in [1.29, 1.82) is 0 Å². The van der Waals surface area contributed by atoms with E-state index in [0.717, 1.165) is 37.2 Å². The largest absolute Gasteiger partial charge is 0.494 e. The molecule has 0 N–H and O–H groups in total. The lowest BCUT2D eigenvalue weighted by Gasteiger charge is -2.10. The average molecular weight is 487 g/mol. The first-order chi connectivity index (χ1) is 17.2. The van der Waals surface area contributed by atoms with Crippen LogP contribution in [0.5, 0.6) is 11.5 Å². The van der Waals surface area contributed by atoms with Crippen molar-refractivity contribution >= 4 is 0 Å². The summed E-state index contributed by atoms with van der Waals surface area (Å²) < 4.78 is 25.5. The highest BCUT2D eigenvalue weighted by Crippen LogP contribution is 2.21. The Balaban J connectivity index is 1.61. The van der Waals surface area contributed by atoms with Gasteiger partial charge in [-0.05, 0) is 37.1 Å². The van der Waals surface area contributed by atoms with E-state index in [-0.39, 0.29) is 6.61 Å². The molecule has 0 saturated heterocycles. The minimum absolute atomic E-state index is 0.0581. The summed E-state index contributed by atoms with van der Waals surface area (Å²) in [5.74, 6) is 2.00. The maximum Gasteiger partial charge on any atom is 0.159 e. The van der Waals surface area contributed by atoms with Crippen LogP contribution in [0.15, 0.2) is 36.7 Å². The molecule has 5 heteroatoms. The first-order valence-electron chi connectivity index (χ1n) is 14.0. The molecule has 0 amide bonds. The lowest BCUT2D eigenvalue weighted by Crippen LogP contribution is -2.13. The Morgan fingerprint density at radius 3 is 1.80 bits per heavy atom. The molecule has 2 rings (SSSR count). The molecule has 0 saturated carbocycles. The lowest BCUT2D eigenvalue weighted by atomic mass is 10.1. The second-order valence-corrected chi connectivity index (χ2v) is 9.55. The van der Waals surface area contributed by atoms with Crippen molar-refractivity contribution < 1.29 is 13.9 Å². The van der Waals surface area contributed by atoms with Crippen molar-refractivity contribution in [2.24, 2.45) is 0 Å². The molecule has 0 bridgehead atoms. The molecule has 1 aromatic carbocycles. The van der Waals surface area contributed by atoms with Gasteiger partial charge in [0, 0.05) is 5.56 Å². The van der Waals surface area contributed by atoms with Gasteiger partial charge in [0.15, 0.2) is 11.6 Å². The Bertz CT molecular complexity index is 752. The quantitative estimate of drug-likeness (QED) is 0.165. The summed E-state index contributed by atoms with van der Waals surface area (Å²) in [5.41, 5.74) is 0.919. The summed E-state index contributed by atoms with van der Waals surface area (Å²) in [6.45, 7) is 5.27. The van der Waals surface area contributed by atoms with Crippen LogP contribution in [-0.2, 0) is 0 Å². The Morgan fingerprint density at radius 1 is 0.657 bits per heavy atom. The molecule has 0 aliphatic carbocycles. The van der Waals surface area contributed by atoms with E-state index >= 15 is 0 Å². The molecule has 1 unspecified atom stereocenters. The molecule has 35 heavy (non-hydrogen) atoms. The van der Waals surface area contributed by atoms with Crippen molar-refractivity contribution in [3.8, 4) is 22.9 Å². The van der Waals surface area contributed by atoms with Crippen LogP contribution >= 0.6 is 0 Å². The average Bonchev–Trinajstić information content (AvgIpc) is 2.89. The molecule has 0 fully saturated rings. The maximum atomic E-state index is 14.1. The molecule has 1 heterocycles. The Morgan fingerprint density at radius 2 is 1.20 bits per heavy atom. The van der Waals surface area contributed by atoms with E-state index in [0.29, 0.717) is 18.0 Å². The van der Waals surface area contributed by atoms with Crippen LogP contribution in [0.25, 0.3) is 11.4 Å². The number of unbranched alkanes of at least 4 members (excludes halogenated alkanes) is 12. The van der Waals surface area contributed by atoms with Crippen LogP contribution in [0.2, 0.25) is 0 Å². The summed E-state index contributed by atoms with van der Waals surface area (Å²) in [5, 5.41) is 0. The molecule has 0 aliphatic rings. The van der Waals surface area contributed by atoms with Crippen molar-refractivity contribution in [2.75, 3.05) is 13.2 Å². The summed E-state index contributed by atoms with van der Waals surface area (Å²) in [4.78, 5) is 8.77. The van der Waals surface area contributed by atoms with E-state index in [1.807, 2.05) is 24.3 Å². The van der Waals surface area contributed by atoms with Crippen molar-refractivity contribution in [3.63, 3.8) is 0 Å². The number of alkyl halides is 1. The Hall–Kier alpha value is -2.17. The van der Waals surface area contributed by atoms with E-state index < -0.39 is 6.17 Å². The van der Waals surface area contributed by atoms with Gasteiger partial charge >= 0.3 is 0 Å². The van der Waals surface area contributed by atoms with Gasteiger partial charge in [-0.1, -0.05) is 97.3 Å². The number of benzene rings is 1. The van der Waals surface area contributed by atoms with Crippen molar-refractivity contribution in [3.05, 3.63) is 36.7 Å². The molecule has 1 atom stereocenters. The molecule has 1 aromatic heterocycles. The van der Waals surface area contributed by atoms with Gasteiger partial charge in [-0.15, -0.1) is 0 Å². The molecular formula is C30H47FN2O2. The van der Waals surface area contributed by atoms with Crippen LogP contribution < -0.4 is 9.47 Å². The van der Waals surface area contributed by atoms with Crippen LogP contribution in [0, 0.1) is 0 Å². The number of halogens is 1. The lowest BCUT2D eigenvalue weighted by molar-refractivity contribution is 0.183. The number of rotatable bonds is 21. The second-order valence-electron chi connectivity index (χ2n) is 9.55. The van der Waals surface area contributed by atoms with Crippen LogP contribution in [-0.4, -0.2) is 29.4 Å². The topological polar surface area (TPSA) is 44.2 Å². The fourth-order valence-electron chi connectivity index (χ4n) is 4.08. The third-order valence-corrected chi connectivity index (χ3v) is 6.31. The van der Waals surface area contributed by atoms with Gasteiger partial charge in [0.2, 0.25) is 0 Å². The van der Waals surface area contributed by atoms with Crippen LogP contribution in [0.4, 0.5) is 4.39 Å². The zero-order valence-electron chi connectivity index (χ0n) is 22.2. The van der Waals surface area contributed by atoms with Gasteiger partial charge in [-0.3, -0.25) is 0 Å². The highest BCUT2D eigenvalue weighted by Gasteiger charge is 2.09. The number of hydrogen-bond donors (Lipinski definition) is 0. The van der Waals surface area contributed by atoms with E-state index in [4.69, 9.17) is 9.47 Å². The predicted molar refractivity (Wildman–Crippen MR) is 144 cm³/mol. The van der Waals surface area contributed by atoms with Crippen LogP contribution in [0.1, 0.15) is 110 Å². The summed E-state index contributed by atoms with van der Waals surface area (Å²) in [7, 11) is 0. The predicted octanol–water partition coefficient (Wildman–Crippen LogP) is 9.13. The van der Waals surface area contributed by atoms with E-state index in [9.17, 15) is 4.39 Å². The minimum Gasteiger partial charge on any atom is -0.494 e. The normalized spacial score (nSPS) is 12.0. The van der Waals surface area contributed by atoms with Crippen molar-refractivity contribution in [2.45, 2.75) is 116 Å². The summed E-state index contributed by atoms with van der Waals surface area (Å²) in [6.07, 6.45) is 20.2. The summed E-state index contributed by atoms with van der Waals surface area (Å²) >= 11 is 0. The second kappa shape index (κ2) is 19.1. The van der Waals surface area contributed by atoms with Gasteiger partial charge in [0.05, 0.1) is 19.0 Å². The van der Waals surface area contributed by atoms with Crippen LogP contribution in [0.3, 0.4) is 0 Å². The number of hydrogen-bond acceptors (Lipinski definition) is 4. The molecule has 2 aromatic rings. The highest BCUT2D eigenvalue weighted by molar-refractivity contribution is 5.56. The monoisotopic (exact) mass is 486 g/mol. The molecule has 0 radical (unpaired) electrons. The third-order valence-electron chi connectivity index (χ3n) is 6.31. The fourth-order valence-corrected chi connectivity index (χ4v) is 4.08. The molecule has 0 aliphatic heterocycles. The zero-order chi connectivity index (χ0) is 25.0. The van der Waals surface area contributed by atoms with Gasteiger partial charge < -0.3 is 9.47 Å². The number of ether oxygens (including phenoxy) is 2. The molecule has 196 valence electrons. The van der Waals surface area contributed by atoms with Gasteiger partial charge in [0.25, 0.3) is 0 Å².